The highest BCUT2D eigenvalue weighted by atomic mass is 19.2. The molecule has 1 aliphatic heterocycles. The molecule has 0 bridgehead atoms. The fraction of sp³-hybridized carbons (Fsp3) is 0.714. The second-order valence-electron chi connectivity index (χ2n) is 7.47. The van der Waals surface area contributed by atoms with Crippen molar-refractivity contribution in [3.05, 3.63) is 23.3 Å². The van der Waals surface area contributed by atoms with Crippen molar-refractivity contribution < 1.29 is 23.0 Å². The van der Waals surface area contributed by atoms with E-state index in [4.69, 9.17) is 14.2 Å². The molecule has 146 valence electrons. The van der Waals surface area contributed by atoms with Crippen LogP contribution in [0.2, 0.25) is 0 Å². The highest BCUT2D eigenvalue weighted by molar-refractivity contribution is 5.44. The van der Waals surface area contributed by atoms with E-state index in [0.717, 1.165) is 25.2 Å². The molecule has 1 aromatic rings. The van der Waals surface area contributed by atoms with Crippen LogP contribution in [0.25, 0.3) is 0 Å². The molecule has 0 spiro atoms. The normalized spacial score (nSPS) is 25.5. The first-order valence-corrected chi connectivity index (χ1v) is 10.0. The second-order valence-corrected chi connectivity index (χ2v) is 7.47. The number of halogens is 2. The van der Waals surface area contributed by atoms with Crippen molar-refractivity contribution in [2.45, 2.75) is 77.4 Å². The van der Waals surface area contributed by atoms with Gasteiger partial charge in [0, 0.05) is 5.56 Å². The Morgan fingerprint density at radius 1 is 1.08 bits per heavy atom. The molecule has 0 saturated heterocycles. The van der Waals surface area contributed by atoms with E-state index in [-0.39, 0.29) is 23.7 Å². The standard InChI is InChI=1S/C21H30F2O3/c1-3-5-14-6-9-16(10-7-14)25-13-17-11-8-15-12-18(24-4-2)19(22)20(23)21(15)26-17/h12,14,16-17H,3-11,13H2,1-2H3. The zero-order chi connectivity index (χ0) is 18.5. The van der Waals surface area contributed by atoms with Crippen molar-refractivity contribution in [2.75, 3.05) is 13.2 Å². The van der Waals surface area contributed by atoms with Gasteiger partial charge in [0.2, 0.25) is 11.6 Å². The Balaban J connectivity index is 1.53. The number of hydrogen-bond acceptors (Lipinski definition) is 3. The number of rotatable bonds is 7. The zero-order valence-electron chi connectivity index (χ0n) is 15.9. The van der Waals surface area contributed by atoms with Gasteiger partial charge >= 0.3 is 0 Å². The van der Waals surface area contributed by atoms with Crippen LogP contribution in [0, 0.1) is 17.6 Å². The van der Waals surface area contributed by atoms with E-state index < -0.39 is 11.6 Å². The molecule has 1 unspecified atom stereocenters. The van der Waals surface area contributed by atoms with Crippen LogP contribution in [0.15, 0.2) is 6.07 Å². The molecule has 0 aromatic heterocycles. The van der Waals surface area contributed by atoms with E-state index in [0.29, 0.717) is 25.2 Å². The maximum atomic E-state index is 14.3. The summed E-state index contributed by atoms with van der Waals surface area (Å²) in [6.45, 7) is 4.72. The SMILES string of the molecule is CCCC1CCC(OCC2CCc3cc(OCC)c(F)c(F)c3O2)CC1. The largest absolute Gasteiger partial charge is 0.491 e. The van der Waals surface area contributed by atoms with Gasteiger partial charge in [-0.2, -0.15) is 8.78 Å². The monoisotopic (exact) mass is 368 g/mol. The number of hydrogen-bond donors (Lipinski definition) is 0. The summed E-state index contributed by atoms with van der Waals surface area (Å²) in [6, 6.07) is 1.56. The third kappa shape index (κ3) is 4.48. The lowest BCUT2D eigenvalue weighted by atomic mass is 9.85. The first kappa shape index (κ1) is 19.4. The third-order valence-corrected chi connectivity index (χ3v) is 5.53. The quantitative estimate of drug-likeness (QED) is 0.642. The molecule has 0 amide bonds. The van der Waals surface area contributed by atoms with E-state index in [2.05, 4.69) is 6.92 Å². The van der Waals surface area contributed by atoms with Crippen LogP contribution in [-0.4, -0.2) is 25.4 Å². The van der Waals surface area contributed by atoms with Crippen LogP contribution in [0.3, 0.4) is 0 Å². The Morgan fingerprint density at radius 2 is 1.85 bits per heavy atom. The summed E-state index contributed by atoms with van der Waals surface area (Å²) in [4.78, 5) is 0. The Kier molecular flexibility index (Phi) is 6.74. The van der Waals surface area contributed by atoms with Crippen molar-refractivity contribution in [1.82, 2.24) is 0 Å². The fourth-order valence-electron chi connectivity index (χ4n) is 4.11. The van der Waals surface area contributed by atoms with Crippen LogP contribution in [0.5, 0.6) is 11.5 Å². The molecule has 1 atom stereocenters. The van der Waals surface area contributed by atoms with Gasteiger partial charge in [0.15, 0.2) is 11.5 Å². The Bertz CT molecular complexity index is 597. The highest BCUT2D eigenvalue weighted by Crippen LogP contribution is 2.37. The van der Waals surface area contributed by atoms with Crippen molar-refractivity contribution >= 4 is 0 Å². The van der Waals surface area contributed by atoms with Crippen LogP contribution in [-0.2, 0) is 11.2 Å². The molecule has 3 rings (SSSR count). The number of ether oxygens (including phenoxy) is 3. The molecule has 26 heavy (non-hydrogen) atoms. The second kappa shape index (κ2) is 9.03. The van der Waals surface area contributed by atoms with E-state index >= 15 is 0 Å². The van der Waals surface area contributed by atoms with Crippen molar-refractivity contribution in [3.8, 4) is 11.5 Å². The molecule has 1 fully saturated rings. The summed E-state index contributed by atoms with van der Waals surface area (Å²) >= 11 is 0. The first-order chi connectivity index (χ1) is 12.6. The van der Waals surface area contributed by atoms with E-state index in [1.807, 2.05) is 0 Å². The lowest BCUT2D eigenvalue weighted by molar-refractivity contribution is -0.0284. The van der Waals surface area contributed by atoms with E-state index in [9.17, 15) is 8.78 Å². The van der Waals surface area contributed by atoms with Crippen LogP contribution in [0.1, 0.15) is 64.4 Å². The molecule has 1 saturated carbocycles. The molecule has 1 aromatic carbocycles. The van der Waals surface area contributed by atoms with Gasteiger partial charge < -0.3 is 14.2 Å². The van der Waals surface area contributed by atoms with Gasteiger partial charge in [-0.25, -0.2) is 0 Å². The molecule has 1 aliphatic carbocycles. The Morgan fingerprint density at radius 3 is 2.54 bits per heavy atom. The summed E-state index contributed by atoms with van der Waals surface area (Å²) in [6.07, 6.45) is 8.64. The summed E-state index contributed by atoms with van der Waals surface area (Å²) in [5.74, 6) is -1.09. The van der Waals surface area contributed by atoms with Crippen LogP contribution in [0.4, 0.5) is 8.78 Å². The van der Waals surface area contributed by atoms with Crippen molar-refractivity contribution in [2.24, 2.45) is 5.92 Å². The van der Waals surface area contributed by atoms with Gasteiger partial charge in [0.05, 0.1) is 19.3 Å². The summed E-state index contributed by atoms with van der Waals surface area (Å²) in [5.41, 5.74) is 0.670. The minimum absolute atomic E-state index is 0.0254. The van der Waals surface area contributed by atoms with Gasteiger partial charge in [0.1, 0.15) is 6.10 Å². The molecule has 3 nitrogen and oxygen atoms in total. The maximum Gasteiger partial charge on any atom is 0.204 e. The lowest BCUT2D eigenvalue weighted by Gasteiger charge is -2.31. The van der Waals surface area contributed by atoms with Crippen molar-refractivity contribution in [1.29, 1.82) is 0 Å². The van der Waals surface area contributed by atoms with Crippen LogP contribution < -0.4 is 9.47 Å². The number of aryl methyl sites for hydroxylation is 1. The smallest absolute Gasteiger partial charge is 0.204 e. The molecule has 2 aliphatic rings. The highest BCUT2D eigenvalue weighted by Gasteiger charge is 2.29. The van der Waals surface area contributed by atoms with Gasteiger partial charge in [0.25, 0.3) is 0 Å². The first-order valence-electron chi connectivity index (χ1n) is 10.0. The topological polar surface area (TPSA) is 27.7 Å². The lowest BCUT2D eigenvalue weighted by Crippen LogP contribution is -2.32. The van der Waals surface area contributed by atoms with Gasteiger partial charge in [-0.15, -0.1) is 0 Å². The van der Waals surface area contributed by atoms with Gasteiger partial charge in [-0.1, -0.05) is 19.8 Å². The molecule has 0 N–H and O–H groups in total. The minimum Gasteiger partial charge on any atom is -0.491 e. The Hall–Kier alpha value is -1.36. The molecule has 1 heterocycles. The molecular weight excluding hydrogens is 338 g/mol. The summed E-state index contributed by atoms with van der Waals surface area (Å²) in [7, 11) is 0. The fourth-order valence-corrected chi connectivity index (χ4v) is 4.11. The van der Waals surface area contributed by atoms with Gasteiger partial charge in [-0.05, 0) is 57.4 Å². The molecule has 0 radical (unpaired) electrons. The predicted octanol–water partition coefficient (Wildman–Crippen LogP) is 5.43. The average molecular weight is 368 g/mol. The number of fused-ring (bicyclic) bond motifs is 1. The zero-order valence-corrected chi connectivity index (χ0v) is 15.9. The predicted molar refractivity (Wildman–Crippen MR) is 96.9 cm³/mol. The molecular formula is C21H30F2O3. The minimum atomic E-state index is -0.971. The summed E-state index contributed by atoms with van der Waals surface area (Å²) in [5, 5.41) is 0. The van der Waals surface area contributed by atoms with Crippen LogP contribution >= 0.6 is 0 Å². The molecule has 5 heteroatoms. The van der Waals surface area contributed by atoms with Gasteiger partial charge in [-0.3, -0.25) is 0 Å². The average Bonchev–Trinajstić information content (AvgIpc) is 2.66. The van der Waals surface area contributed by atoms with E-state index in [1.54, 1.807) is 13.0 Å². The Labute approximate surface area is 155 Å². The van der Waals surface area contributed by atoms with E-state index in [1.165, 1.54) is 25.7 Å². The maximum absolute atomic E-state index is 14.3. The third-order valence-electron chi connectivity index (χ3n) is 5.53. The number of benzene rings is 1. The summed E-state index contributed by atoms with van der Waals surface area (Å²) < 4.78 is 45.3. The van der Waals surface area contributed by atoms with Crippen molar-refractivity contribution in [3.63, 3.8) is 0 Å².